The minimum Gasteiger partial charge on any atom is -0.330 e. The minimum absolute atomic E-state index is 0.197. The van der Waals surface area contributed by atoms with Gasteiger partial charge in [0, 0.05) is 11.0 Å². The molecule has 1 rings (SSSR count). The van der Waals surface area contributed by atoms with Gasteiger partial charge in [-0.15, -0.1) is 0 Å². The van der Waals surface area contributed by atoms with Crippen molar-refractivity contribution in [3.63, 3.8) is 0 Å². The van der Waals surface area contributed by atoms with Gasteiger partial charge < -0.3 is 11.1 Å². The molecular weight excluding hydrogens is 259 g/mol. The molecule has 84 valence electrons. The van der Waals surface area contributed by atoms with Gasteiger partial charge in [0.2, 0.25) is 0 Å². The van der Waals surface area contributed by atoms with Gasteiger partial charge in [-0.2, -0.15) is 0 Å². The van der Waals surface area contributed by atoms with Crippen LogP contribution in [-0.2, 0) is 6.54 Å². The molecule has 15 heavy (non-hydrogen) atoms. The summed E-state index contributed by atoms with van der Waals surface area (Å²) in [5.74, 6) is -0.197. The topological polar surface area (TPSA) is 38.0 Å². The first-order chi connectivity index (χ1) is 7.24. The van der Waals surface area contributed by atoms with Gasteiger partial charge in [0.1, 0.15) is 5.82 Å². The van der Waals surface area contributed by atoms with E-state index in [4.69, 9.17) is 5.73 Å². The van der Waals surface area contributed by atoms with Crippen LogP contribution < -0.4 is 11.1 Å². The summed E-state index contributed by atoms with van der Waals surface area (Å²) in [4.78, 5) is 0. The summed E-state index contributed by atoms with van der Waals surface area (Å²) in [6.45, 7) is 2.33. The van der Waals surface area contributed by atoms with E-state index in [0.29, 0.717) is 6.54 Å². The van der Waals surface area contributed by atoms with Crippen LogP contribution in [0.5, 0.6) is 0 Å². The normalized spacial score (nSPS) is 10.6. The maximum absolute atomic E-state index is 12.9. The molecule has 0 spiro atoms. The quantitative estimate of drug-likeness (QED) is 0.782. The van der Waals surface area contributed by atoms with E-state index < -0.39 is 0 Å². The standard InChI is InChI=1S/C11H16BrFN2/c12-11-4-3-10(13)7-9(11)8-15-6-2-1-5-14/h3-4,7,15H,1-2,5-6,8,14H2. The Hall–Kier alpha value is -0.450. The van der Waals surface area contributed by atoms with Gasteiger partial charge in [0.25, 0.3) is 0 Å². The summed E-state index contributed by atoms with van der Waals surface area (Å²) in [5.41, 5.74) is 6.33. The van der Waals surface area contributed by atoms with E-state index >= 15 is 0 Å². The molecule has 4 heteroatoms. The van der Waals surface area contributed by atoms with Gasteiger partial charge >= 0.3 is 0 Å². The van der Waals surface area contributed by atoms with Crippen molar-refractivity contribution in [3.8, 4) is 0 Å². The zero-order valence-corrected chi connectivity index (χ0v) is 10.2. The third-order valence-electron chi connectivity index (χ3n) is 2.13. The number of unbranched alkanes of at least 4 members (excludes halogenated alkanes) is 1. The van der Waals surface area contributed by atoms with Crippen molar-refractivity contribution < 1.29 is 4.39 Å². The minimum atomic E-state index is -0.197. The molecule has 0 atom stereocenters. The number of hydrogen-bond acceptors (Lipinski definition) is 2. The second-order valence-electron chi connectivity index (χ2n) is 3.41. The fraction of sp³-hybridized carbons (Fsp3) is 0.455. The van der Waals surface area contributed by atoms with Gasteiger partial charge in [0.15, 0.2) is 0 Å². The number of hydrogen-bond donors (Lipinski definition) is 2. The fourth-order valence-corrected chi connectivity index (χ4v) is 1.68. The highest BCUT2D eigenvalue weighted by Gasteiger charge is 2.00. The van der Waals surface area contributed by atoms with Crippen LogP contribution >= 0.6 is 15.9 Å². The summed E-state index contributed by atoms with van der Waals surface area (Å²) in [6, 6.07) is 4.72. The van der Waals surface area contributed by atoms with Crippen molar-refractivity contribution in [2.75, 3.05) is 13.1 Å². The molecular formula is C11H16BrFN2. The molecule has 0 saturated carbocycles. The molecule has 1 aromatic rings. The molecule has 0 radical (unpaired) electrons. The third kappa shape index (κ3) is 4.73. The molecule has 0 aliphatic carbocycles. The largest absolute Gasteiger partial charge is 0.330 e. The maximum Gasteiger partial charge on any atom is 0.123 e. The van der Waals surface area contributed by atoms with E-state index in [2.05, 4.69) is 21.2 Å². The number of rotatable bonds is 6. The van der Waals surface area contributed by atoms with Gasteiger partial charge in [-0.05, 0) is 49.7 Å². The van der Waals surface area contributed by atoms with Crippen LogP contribution in [0, 0.1) is 5.82 Å². The summed E-state index contributed by atoms with van der Waals surface area (Å²) in [7, 11) is 0. The Labute approximate surface area is 98.2 Å². The van der Waals surface area contributed by atoms with E-state index in [0.717, 1.165) is 36.0 Å². The fourth-order valence-electron chi connectivity index (χ4n) is 1.30. The second kappa shape index (κ2) is 6.93. The summed E-state index contributed by atoms with van der Waals surface area (Å²) in [6.07, 6.45) is 2.08. The summed E-state index contributed by atoms with van der Waals surface area (Å²) in [5, 5.41) is 3.25. The van der Waals surface area contributed by atoms with Crippen LogP contribution in [0.25, 0.3) is 0 Å². The van der Waals surface area contributed by atoms with Gasteiger partial charge in [0.05, 0.1) is 0 Å². The molecule has 1 aromatic carbocycles. The lowest BCUT2D eigenvalue weighted by molar-refractivity contribution is 0.608. The number of benzene rings is 1. The van der Waals surface area contributed by atoms with Crippen LogP contribution in [0.15, 0.2) is 22.7 Å². The van der Waals surface area contributed by atoms with Crippen LogP contribution in [0.3, 0.4) is 0 Å². The Morgan fingerprint density at radius 3 is 2.87 bits per heavy atom. The predicted molar refractivity (Wildman–Crippen MR) is 64.1 cm³/mol. The molecule has 0 bridgehead atoms. The van der Waals surface area contributed by atoms with Crippen LogP contribution in [0.2, 0.25) is 0 Å². The second-order valence-corrected chi connectivity index (χ2v) is 4.26. The summed E-state index contributed by atoms with van der Waals surface area (Å²) < 4.78 is 13.9. The Morgan fingerprint density at radius 1 is 1.33 bits per heavy atom. The smallest absolute Gasteiger partial charge is 0.123 e. The molecule has 3 N–H and O–H groups in total. The highest BCUT2D eigenvalue weighted by atomic mass is 79.9. The Kier molecular flexibility index (Phi) is 5.83. The Bertz CT molecular complexity index is 305. The maximum atomic E-state index is 12.9. The zero-order chi connectivity index (χ0) is 11.1. The molecule has 0 fully saturated rings. The van der Waals surface area contributed by atoms with Crippen molar-refractivity contribution in [1.29, 1.82) is 0 Å². The number of nitrogens with one attached hydrogen (secondary N) is 1. The SMILES string of the molecule is NCCCCNCc1cc(F)ccc1Br. The van der Waals surface area contributed by atoms with E-state index in [-0.39, 0.29) is 5.82 Å². The van der Waals surface area contributed by atoms with Crippen molar-refractivity contribution in [1.82, 2.24) is 5.32 Å². The molecule has 0 unspecified atom stereocenters. The van der Waals surface area contributed by atoms with E-state index in [1.807, 2.05) is 0 Å². The van der Waals surface area contributed by atoms with Crippen LogP contribution in [0.4, 0.5) is 4.39 Å². The van der Waals surface area contributed by atoms with Crippen molar-refractivity contribution in [3.05, 3.63) is 34.1 Å². The lowest BCUT2D eigenvalue weighted by Gasteiger charge is -2.06. The summed E-state index contributed by atoms with van der Waals surface area (Å²) >= 11 is 3.39. The Balaban J connectivity index is 2.33. The monoisotopic (exact) mass is 274 g/mol. The van der Waals surface area contributed by atoms with Gasteiger partial charge in [-0.1, -0.05) is 15.9 Å². The van der Waals surface area contributed by atoms with Crippen molar-refractivity contribution >= 4 is 15.9 Å². The van der Waals surface area contributed by atoms with Crippen molar-refractivity contribution in [2.45, 2.75) is 19.4 Å². The average Bonchev–Trinajstić information content (AvgIpc) is 2.23. The molecule has 0 aliphatic heterocycles. The van der Waals surface area contributed by atoms with Crippen LogP contribution in [0.1, 0.15) is 18.4 Å². The molecule has 0 amide bonds. The molecule has 2 nitrogen and oxygen atoms in total. The average molecular weight is 275 g/mol. The molecule has 0 heterocycles. The molecule has 0 saturated heterocycles. The Morgan fingerprint density at radius 2 is 2.13 bits per heavy atom. The van der Waals surface area contributed by atoms with Gasteiger partial charge in [-0.3, -0.25) is 0 Å². The lowest BCUT2D eigenvalue weighted by Crippen LogP contribution is -2.16. The highest BCUT2D eigenvalue weighted by molar-refractivity contribution is 9.10. The predicted octanol–water partition coefficient (Wildman–Crippen LogP) is 2.42. The first-order valence-electron chi connectivity index (χ1n) is 5.08. The first-order valence-corrected chi connectivity index (χ1v) is 5.88. The van der Waals surface area contributed by atoms with E-state index in [1.165, 1.54) is 6.07 Å². The van der Waals surface area contributed by atoms with E-state index in [9.17, 15) is 4.39 Å². The van der Waals surface area contributed by atoms with Crippen molar-refractivity contribution in [2.24, 2.45) is 5.73 Å². The zero-order valence-electron chi connectivity index (χ0n) is 8.60. The van der Waals surface area contributed by atoms with Gasteiger partial charge in [-0.25, -0.2) is 4.39 Å². The third-order valence-corrected chi connectivity index (χ3v) is 2.90. The lowest BCUT2D eigenvalue weighted by atomic mass is 10.2. The van der Waals surface area contributed by atoms with Crippen LogP contribution in [-0.4, -0.2) is 13.1 Å². The number of nitrogens with two attached hydrogens (primary N) is 1. The number of halogens is 2. The first kappa shape index (κ1) is 12.6. The molecule has 0 aromatic heterocycles. The van der Waals surface area contributed by atoms with E-state index in [1.54, 1.807) is 12.1 Å². The highest BCUT2D eigenvalue weighted by Crippen LogP contribution is 2.17. The molecule has 0 aliphatic rings.